The quantitative estimate of drug-likeness (QED) is 0.461. The monoisotopic (exact) mass is 529 g/mol. The van der Waals surface area contributed by atoms with Crippen LogP contribution in [0, 0.1) is 6.92 Å². The van der Waals surface area contributed by atoms with Crippen LogP contribution in [0.15, 0.2) is 42.5 Å². The Balaban J connectivity index is 0.00000289. The Labute approximate surface area is 219 Å². The molecule has 0 unspecified atom stereocenters. The molecule has 7 nitrogen and oxygen atoms in total. The summed E-state index contributed by atoms with van der Waals surface area (Å²) >= 11 is 6.23. The smallest absolute Gasteiger partial charge is 0.256 e. The van der Waals surface area contributed by atoms with Gasteiger partial charge < -0.3 is 15.5 Å². The standard InChI is InChI=1S/C24H32ClN5O2.2ClH/c1-18-9-10-21(25)13-22(18)29(16-23(31)27-12-6-11-26-2)17-24(32)28(3)30-14-19-7-4-5-8-20(19)15-30;;/h4-5,7-10,13,26H,6,11-12,14-17H2,1-3H3,(H,27,31);2*1H. The van der Waals surface area contributed by atoms with E-state index in [1.54, 1.807) is 17.0 Å². The van der Waals surface area contributed by atoms with Crippen LogP contribution in [0.4, 0.5) is 5.69 Å². The van der Waals surface area contributed by atoms with E-state index in [4.69, 9.17) is 11.6 Å². The molecule has 10 heteroatoms. The van der Waals surface area contributed by atoms with Crippen molar-refractivity contribution in [3.8, 4) is 0 Å². The molecule has 34 heavy (non-hydrogen) atoms. The van der Waals surface area contributed by atoms with Crippen LogP contribution >= 0.6 is 36.4 Å². The Morgan fingerprint density at radius 2 is 1.68 bits per heavy atom. The summed E-state index contributed by atoms with van der Waals surface area (Å²) in [5, 5.41) is 10.3. The highest BCUT2D eigenvalue weighted by Crippen LogP contribution is 2.26. The van der Waals surface area contributed by atoms with Crippen molar-refractivity contribution >= 4 is 53.9 Å². The molecule has 3 rings (SSSR count). The molecule has 0 bridgehead atoms. The van der Waals surface area contributed by atoms with E-state index in [-0.39, 0.29) is 49.7 Å². The Hall–Kier alpha value is -2.03. The number of hydrogen-bond acceptors (Lipinski definition) is 5. The Morgan fingerprint density at radius 1 is 1.03 bits per heavy atom. The average molecular weight is 531 g/mol. The van der Waals surface area contributed by atoms with Crippen molar-refractivity contribution in [1.29, 1.82) is 0 Å². The molecular weight excluding hydrogens is 497 g/mol. The fourth-order valence-corrected chi connectivity index (χ4v) is 3.99. The number of hydrogen-bond donors (Lipinski definition) is 2. The molecule has 1 aliphatic heterocycles. The predicted octanol–water partition coefficient (Wildman–Crippen LogP) is 3.41. The molecule has 0 saturated carbocycles. The number of fused-ring (bicyclic) bond motifs is 1. The second kappa shape index (κ2) is 14.4. The first kappa shape index (κ1) is 30.0. The third kappa shape index (κ3) is 8.03. The Kier molecular flexibility index (Phi) is 12.7. The van der Waals surface area contributed by atoms with Gasteiger partial charge in [0.25, 0.3) is 5.91 Å². The Morgan fingerprint density at radius 3 is 2.29 bits per heavy atom. The molecule has 2 N–H and O–H groups in total. The molecule has 0 fully saturated rings. The van der Waals surface area contributed by atoms with Crippen molar-refractivity contribution in [2.45, 2.75) is 26.4 Å². The van der Waals surface area contributed by atoms with Crippen LogP contribution in [0.2, 0.25) is 5.02 Å². The van der Waals surface area contributed by atoms with Gasteiger partial charge in [-0.2, -0.15) is 0 Å². The lowest BCUT2D eigenvalue weighted by Crippen LogP contribution is -2.48. The van der Waals surface area contributed by atoms with Gasteiger partial charge in [-0.05, 0) is 55.8 Å². The summed E-state index contributed by atoms with van der Waals surface area (Å²) in [6.07, 6.45) is 0.843. The summed E-state index contributed by atoms with van der Waals surface area (Å²) in [5.41, 5.74) is 4.21. The molecule has 1 heterocycles. The number of carbonyl (C=O) groups excluding carboxylic acids is 2. The van der Waals surface area contributed by atoms with Crippen molar-refractivity contribution in [3.05, 3.63) is 64.2 Å². The van der Waals surface area contributed by atoms with Gasteiger partial charge >= 0.3 is 0 Å². The molecule has 2 aromatic rings. The number of nitrogens with zero attached hydrogens (tertiary/aromatic N) is 3. The van der Waals surface area contributed by atoms with Crippen LogP contribution in [0.5, 0.6) is 0 Å². The zero-order valence-corrected chi connectivity index (χ0v) is 22.2. The molecule has 2 amide bonds. The van der Waals surface area contributed by atoms with Gasteiger partial charge in [0.15, 0.2) is 0 Å². The van der Waals surface area contributed by atoms with E-state index in [0.29, 0.717) is 24.7 Å². The van der Waals surface area contributed by atoms with E-state index >= 15 is 0 Å². The summed E-state index contributed by atoms with van der Waals surface area (Å²) in [4.78, 5) is 27.6. The number of rotatable bonds is 10. The lowest BCUT2D eigenvalue weighted by Gasteiger charge is -2.32. The highest BCUT2D eigenvalue weighted by Gasteiger charge is 2.27. The molecule has 0 atom stereocenters. The zero-order valence-electron chi connectivity index (χ0n) is 19.8. The van der Waals surface area contributed by atoms with Gasteiger partial charge in [-0.15, -0.1) is 24.8 Å². The summed E-state index contributed by atoms with van der Waals surface area (Å²) in [6, 6.07) is 13.7. The van der Waals surface area contributed by atoms with Crippen molar-refractivity contribution in [1.82, 2.24) is 20.7 Å². The molecule has 0 aliphatic carbocycles. The van der Waals surface area contributed by atoms with Crippen LogP contribution in [0.1, 0.15) is 23.1 Å². The third-order valence-electron chi connectivity index (χ3n) is 5.71. The third-order valence-corrected chi connectivity index (χ3v) is 5.94. The largest absolute Gasteiger partial charge is 0.355 e. The number of carbonyl (C=O) groups is 2. The topological polar surface area (TPSA) is 67.9 Å². The van der Waals surface area contributed by atoms with Gasteiger partial charge in [-0.1, -0.05) is 41.9 Å². The SMILES string of the molecule is CNCCCNC(=O)CN(CC(=O)N(C)N1Cc2ccccc2C1)c1cc(Cl)ccc1C.Cl.Cl. The van der Waals surface area contributed by atoms with Crippen LogP contribution in [-0.4, -0.2) is 62.1 Å². The van der Waals surface area contributed by atoms with E-state index < -0.39 is 0 Å². The second-order valence-corrected chi connectivity index (χ2v) is 8.54. The minimum Gasteiger partial charge on any atom is -0.355 e. The van der Waals surface area contributed by atoms with E-state index in [2.05, 4.69) is 22.8 Å². The second-order valence-electron chi connectivity index (χ2n) is 8.10. The predicted molar refractivity (Wildman–Crippen MR) is 143 cm³/mol. The lowest BCUT2D eigenvalue weighted by molar-refractivity contribution is -0.145. The van der Waals surface area contributed by atoms with Crippen molar-refractivity contribution < 1.29 is 9.59 Å². The number of halogens is 3. The maximum absolute atomic E-state index is 13.2. The number of nitrogens with one attached hydrogen (secondary N) is 2. The first-order chi connectivity index (χ1) is 15.4. The van der Waals surface area contributed by atoms with Crippen LogP contribution in [0.25, 0.3) is 0 Å². The number of aryl methyl sites for hydroxylation is 1. The van der Waals surface area contributed by atoms with Crippen molar-refractivity contribution in [3.63, 3.8) is 0 Å². The summed E-state index contributed by atoms with van der Waals surface area (Å²) in [6.45, 7) is 4.92. The van der Waals surface area contributed by atoms with E-state index in [9.17, 15) is 9.59 Å². The van der Waals surface area contributed by atoms with Gasteiger partial charge in [0.1, 0.15) is 0 Å². The number of hydrazine groups is 1. The van der Waals surface area contributed by atoms with Crippen LogP contribution in [-0.2, 0) is 22.7 Å². The molecule has 0 radical (unpaired) electrons. The van der Waals surface area contributed by atoms with E-state index in [1.165, 1.54) is 11.1 Å². The van der Waals surface area contributed by atoms with Gasteiger partial charge in [-0.3, -0.25) is 14.6 Å². The highest BCUT2D eigenvalue weighted by atomic mass is 35.5. The Bertz CT molecular complexity index is 935. The molecule has 0 saturated heterocycles. The maximum Gasteiger partial charge on any atom is 0.256 e. The van der Waals surface area contributed by atoms with Gasteiger partial charge in [0.05, 0.1) is 13.1 Å². The normalized spacial score (nSPS) is 12.2. The van der Waals surface area contributed by atoms with Gasteiger partial charge in [-0.25, -0.2) is 5.01 Å². The lowest BCUT2D eigenvalue weighted by atomic mass is 10.1. The first-order valence-corrected chi connectivity index (χ1v) is 11.3. The summed E-state index contributed by atoms with van der Waals surface area (Å²) in [5.74, 6) is -0.204. The first-order valence-electron chi connectivity index (χ1n) is 10.9. The number of anilines is 1. The zero-order chi connectivity index (χ0) is 23.1. The maximum atomic E-state index is 13.2. The number of benzene rings is 2. The summed E-state index contributed by atoms with van der Waals surface area (Å²) in [7, 11) is 3.67. The fourth-order valence-electron chi connectivity index (χ4n) is 3.82. The van der Waals surface area contributed by atoms with Crippen LogP contribution < -0.4 is 15.5 Å². The number of likely N-dealkylation sites (N-methyl/N-ethyl adjacent to an activating group) is 1. The molecular formula is C24H34Cl3N5O2. The molecule has 1 aliphatic rings. The van der Waals surface area contributed by atoms with Gasteiger partial charge in [0, 0.05) is 37.4 Å². The highest BCUT2D eigenvalue weighted by molar-refractivity contribution is 6.30. The molecule has 0 aromatic heterocycles. The molecule has 188 valence electrons. The molecule has 2 aromatic carbocycles. The van der Waals surface area contributed by atoms with E-state index in [0.717, 1.165) is 24.2 Å². The minimum absolute atomic E-state index is 0. The number of amides is 2. The van der Waals surface area contributed by atoms with Crippen LogP contribution in [0.3, 0.4) is 0 Å². The van der Waals surface area contributed by atoms with E-state index in [1.807, 2.05) is 49.3 Å². The minimum atomic E-state index is -0.121. The summed E-state index contributed by atoms with van der Waals surface area (Å²) < 4.78 is 0. The van der Waals surface area contributed by atoms with Crippen molar-refractivity contribution in [2.75, 3.05) is 45.2 Å². The van der Waals surface area contributed by atoms with Crippen molar-refractivity contribution in [2.24, 2.45) is 0 Å². The van der Waals surface area contributed by atoms with Gasteiger partial charge in [0.2, 0.25) is 5.91 Å². The molecule has 0 spiro atoms. The fraction of sp³-hybridized carbons (Fsp3) is 0.417. The average Bonchev–Trinajstić information content (AvgIpc) is 3.21.